The van der Waals surface area contributed by atoms with Gasteiger partial charge < -0.3 is 0 Å². The zero-order chi connectivity index (χ0) is 6.53. The molecule has 47 valence electrons. The fourth-order valence-corrected chi connectivity index (χ4v) is 7.76. The average Bonchev–Trinajstić information content (AvgIpc) is 1.91. The predicted molar refractivity (Wildman–Crippen MR) is 43.3 cm³/mol. The van der Waals surface area contributed by atoms with E-state index in [1.54, 1.807) is 0 Å². The molecule has 0 aliphatic rings. The molecule has 0 heterocycles. The van der Waals surface area contributed by atoms with E-state index in [0.717, 1.165) is 0 Å². The van der Waals surface area contributed by atoms with Crippen LogP contribution in [-0.2, 0) is 0 Å². The van der Waals surface area contributed by atoms with Crippen molar-refractivity contribution in [2.75, 3.05) is 0 Å². The van der Waals surface area contributed by atoms with Gasteiger partial charge in [-0.25, -0.2) is 0 Å². The van der Waals surface area contributed by atoms with Gasteiger partial charge >= 0.3 is 73.4 Å². The van der Waals surface area contributed by atoms with E-state index in [1.165, 1.54) is 4.46 Å². The molecule has 3 heteroatoms. The van der Waals surface area contributed by atoms with Crippen LogP contribution in [0.3, 0.4) is 0 Å². The quantitative estimate of drug-likeness (QED) is 0.659. The van der Waals surface area contributed by atoms with Gasteiger partial charge in [-0.3, -0.25) is 0 Å². The van der Waals surface area contributed by atoms with Crippen LogP contribution >= 0.6 is 0 Å². The molecule has 0 N–H and O–H groups in total. The van der Waals surface area contributed by atoms with Gasteiger partial charge in [-0.05, 0) is 0 Å². The van der Waals surface area contributed by atoms with E-state index in [1.807, 2.05) is 0 Å². The Balaban J connectivity index is 2.61. The molecule has 9 heavy (non-hydrogen) atoms. The fraction of sp³-hybridized carbons (Fsp3) is 0. The van der Waals surface area contributed by atoms with Crippen LogP contribution in [0.25, 0.3) is 0 Å². The van der Waals surface area contributed by atoms with Crippen LogP contribution in [0.15, 0.2) is 30.3 Å². The summed E-state index contributed by atoms with van der Waals surface area (Å²) in [4.78, 5) is 0. The molecule has 0 amide bonds. The van der Waals surface area contributed by atoms with Crippen LogP contribution in [0.4, 0.5) is 0 Å². The first-order chi connectivity index (χ1) is 4.43. The second-order valence-corrected chi connectivity index (χ2v) is 14.1. The van der Waals surface area contributed by atoms with Gasteiger partial charge in [0, 0.05) is 0 Å². The number of hydrogen-bond donors (Lipinski definition) is 0. The van der Waals surface area contributed by atoms with E-state index < -0.39 is 0 Å². The van der Waals surface area contributed by atoms with Crippen LogP contribution in [-0.4, -0.2) is 38.6 Å². The van der Waals surface area contributed by atoms with Gasteiger partial charge in [-0.2, -0.15) is 0 Å². The Kier molecular flexibility index (Phi) is 4.00. The first kappa shape index (κ1) is 7.88. The van der Waals surface area contributed by atoms with Crippen molar-refractivity contribution in [3.05, 3.63) is 30.3 Å². The van der Waals surface area contributed by atoms with E-state index in [0.29, 0.717) is 24.4 Å². The first-order valence-electron chi connectivity index (χ1n) is 2.45. The minimum absolute atomic E-state index is 0.717. The van der Waals surface area contributed by atoms with Gasteiger partial charge in [-0.15, -0.1) is 0 Å². The zero-order valence-corrected chi connectivity index (χ0v) is 9.75. The molecule has 1 aromatic rings. The Hall–Kier alpha value is 0.778. The Morgan fingerprint density at radius 1 is 1.11 bits per heavy atom. The van der Waals surface area contributed by atoms with Crippen molar-refractivity contribution in [2.45, 2.75) is 0 Å². The molecule has 0 nitrogen and oxygen atoms in total. The van der Waals surface area contributed by atoms with E-state index in [2.05, 4.69) is 44.5 Å². The van der Waals surface area contributed by atoms with Crippen molar-refractivity contribution in [3.8, 4) is 0 Å². The molecule has 0 unspecified atom stereocenters. The van der Waals surface area contributed by atoms with Crippen molar-refractivity contribution in [1.82, 2.24) is 0 Å². The monoisotopic (exact) mass is 317 g/mol. The van der Waals surface area contributed by atoms with Gasteiger partial charge in [0.05, 0.1) is 0 Å². The summed E-state index contributed by atoms with van der Waals surface area (Å²) in [6.07, 6.45) is 0. The third kappa shape index (κ3) is 2.91. The van der Waals surface area contributed by atoms with E-state index in [9.17, 15) is 0 Å². The molecule has 0 saturated carbocycles. The van der Waals surface area contributed by atoms with Gasteiger partial charge in [0.2, 0.25) is 0 Å². The second-order valence-electron chi connectivity index (χ2n) is 1.46. The molecule has 0 bridgehead atoms. The van der Waals surface area contributed by atoms with Crippen molar-refractivity contribution in [1.29, 1.82) is 0 Å². The van der Waals surface area contributed by atoms with Gasteiger partial charge in [0.25, 0.3) is 0 Å². The average molecular weight is 314 g/mol. The van der Waals surface area contributed by atoms with E-state index >= 15 is 0 Å². The van der Waals surface area contributed by atoms with E-state index in [-0.39, 0.29) is 0 Å². The maximum absolute atomic E-state index is 3.08. The summed E-state index contributed by atoms with van der Waals surface area (Å²) in [5.41, 5.74) is 0. The molecule has 1 rings (SSSR count). The summed E-state index contributed by atoms with van der Waals surface area (Å²) in [5.74, 6) is 0. The van der Waals surface area contributed by atoms with Crippen molar-refractivity contribution < 1.29 is 0 Å². The zero-order valence-electron chi connectivity index (χ0n) is 4.61. The summed E-state index contributed by atoms with van der Waals surface area (Å²) in [5, 5.41) is 0. The minimum atomic E-state index is 0.717. The van der Waals surface area contributed by atoms with Crippen LogP contribution in [0.1, 0.15) is 0 Å². The normalized spacial score (nSPS) is 9.44. The van der Waals surface area contributed by atoms with E-state index in [4.69, 9.17) is 0 Å². The number of rotatable bonds is 2. The fourth-order valence-electron chi connectivity index (χ4n) is 0.515. The SMILES string of the molecule is [Se][Se][Se]c1ccccc1. The molecule has 0 aliphatic carbocycles. The third-order valence-corrected chi connectivity index (χ3v) is 8.69. The molecule has 0 spiro atoms. The topological polar surface area (TPSA) is 0 Å². The molecule has 0 atom stereocenters. The summed E-state index contributed by atoms with van der Waals surface area (Å²) >= 11 is 4.51. The summed E-state index contributed by atoms with van der Waals surface area (Å²) in [7, 11) is 0. The second kappa shape index (κ2) is 4.57. The number of benzene rings is 1. The molecule has 0 fully saturated rings. The van der Waals surface area contributed by atoms with Crippen LogP contribution < -0.4 is 4.46 Å². The van der Waals surface area contributed by atoms with Gasteiger partial charge in [0.1, 0.15) is 0 Å². The van der Waals surface area contributed by atoms with Gasteiger partial charge in [0.15, 0.2) is 0 Å². The Bertz CT molecular complexity index is 161. The first-order valence-corrected chi connectivity index (χ1v) is 12.0. The van der Waals surface area contributed by atoms with Crippen LogP contribution in [0.5, 0.6) is 0 Å². The summed E-state index contributed by atoms with van der Waals surface area (Å²) in [6, 6.07) is 10.6. The Morgan fingerprint density at radius 3 is 2.33 bits per heavy atom. The molecule has 0 aromatic heterocycles. The van der Waals surface area contributed by atoms with Crippen LogP contribution in [0, 0.1) is 0 Å². The summed E-state index contributed by atoms with van der Waals surface area (Å²) in [6.45, 7) is 0. The predicted octanol–water partition coefficient (Wildman–Crippen LogP) is -0.281. The molecular formula is C6H5Se3. The molecule has 0 saturated heterocycles. The Labute approximate surface area is 73.0 Å². The van der Waals surface area contributed by atoms with Crippen molar-refractivity contribution >= 4 is 43.1 Å². The van der Waals surface area contributed by atoms with Gasteiger partial charge in [-0.1, -0.05) is 0 Å². The standard InChI is InChI=1S/C6H5Se3/c7-9-8-6-4-2-1-3-5-6/h1-5H. The molecule has 1 aromatic carbocycles. The van der Waals surface area contributed by atoms with Crippen LogP contribution in [0.2, 0.25) is 0 Å². The summed E-state index contributed by atoms with van der Waals surface area (Å²) < 4.78 is 1.50. The Morgan fingerprint density at radius 2 is 1.78 bits per heavy atom. The van der Waals surface area contributed by atoms with Crippen molar-refractivity contribution in [3.63, 3.8) is 0 Å². The maximum atomic E-state index is 3.08. The molecule has 1 radical (unpaired) electrons. The molecular weight excluding hydrogens is 309 g/mol. The number of hydrogen-bond acceptors (Lipinski definition) is 0. The van der Waals surface area contributed by atoms with Crippen molar-refractivity contribution in [2.24, 2.45) is 0 Å². The third-order valence-electron chi connectivity index (χ3n) is 0.873. The molecule has 0 aliphatic heterocycles.